The van der Waals surface area contributed by atoms with Crippen LogP contribution in [-0.4, -0.2) is 36.6 Å². The number of ether oxygens (including phenoxy) is 1. The summed E-state index contributed by atoms with van der Waals surface area (Å²) in [6.45, 7) is 6.18. The van der Waals surface area contributed by atoms with Gasteiger partial charge < -0.3 is 4.74 Å². The molecule has 2 atom stereocenters. The molecule has 10 heavy (non-hydrogen) atoms. The standard InChI is InChI=1S/C7H13NO2/c1-6-5-8(6)3-4-10-7(2)9/h6H,3-5H2,1-2H3. The van der Waals surface area contributed by atoms with E-state index in [2.05, 4.69) is 11.8 Å². The second-order valence-electron chi connectivity index (χ2n) is 2.68. The van der Waals surface area contributed by atoms with Gasteiger partial charge in [0, 0.05) is 26.1 Å². The third kappa shape index (κ3) is 2.35. The van der Waals surface area contributed by atoms with Crippen LogP contribution in [0.5, 0.6) is 0 Å². The Kier molecular flexibility index (Phi) is 2.27. The molecule has 1 aliphatic rings. The minimum absolute atomic E-state index is 0.186. The van der Waals surface area contributed by atoms with Crippen LogP contribution in [0.3, 0.4) is 0 Å². The first-order valence-corrected chi connectivity index (χ1v) is 3.57. The van der Waals surface area contributed by atoms with E-state index in [0.29, 0.717) is 12.6 Å². The largest absolute Gasteiger partial charge is 0.465 e. The fraction of sp³-hybridized carbons (Fsp3) is 0.857. The van der Waals surface area contributed by atoms with Gasteiger partial charge in [-0.1, -0.05) is 0 Å². The predicted octanol–water partition coefficient (Wildman–Crippen LogP) is 0.254. The van der Waals surface area contributed by atoms with Crippen molar-refractivity contribution in [1.29, 1.82) is 0 Å². The zero-order valence-electron chi connectivity index (χ0n) is 6.46. The number of hydrogen-bond donors (Lipinski definition) is 0. The summed E-state index contributed by atoms with van der Waals surface area (Å²) >= 11 is 0. The van der Waals surface area contributed by atoms with Crippen LogP contribution in [0.4, 0.5) is 0 Å². The zero-order chi connectivity index (χ0) is 7.56. The molecular weight excluding hydrogens is 130 g/mol. The van der Waals surface area contributed by atoms with Crippen LogP contribution in [0.2, 0.25) is 0 Å². The first-order valence-electron chi connectivity index (χ1n) is 3.57. The molecule has 0 aromatic heterocycles. The summed E-state index contributed by atoms with van der Waals surface area (Å²) in [4.78, 5) is 12.5. The van der Waals surface area contributed by atoms with Gasteiger partial charge in [0.1, 0.15) is 6.61 Å². The molecule has 0 amide bonds. The molecule has 3 heteroatoms. The van der Waals surface area contributed by atoms with E-state index in [1.165, 1.54) is 6.92 Å². The number of carbonyl (C=O) groups excluding carboxylic acids is 1. The maximum atomic E-state index is 10.3. The van der Waals surface area contributed by atoms with Gasteiger partial charge in [-0.25, -0.2) is 0 Å². The van der Waals surface area contributed by atoms with Crippen LogP contribution >= 0.6 is 0 Å². The number of carbonyl (C=O) groups is 1. The van der Waals surface area contributed by atoms with Gasteiger partial charge in [0.2, 0.25) is 0 Å². The van der Waals surface area contributed by atoms with E-state index in [1.54, 1.807) is 0 Å². The van der Waals surface area contributed by atoms with Gasteiger partial charge in [-0.15, -0.1) is 0 Å². The molecule has 0 aliphatic carbocycles. The van der Waals surface area contributed by atoms with Crippen LogP contribution in [0.15, 0.2) is 0 Å². The molecule has 3 nitrogen and oxygen atoms in total. The highest BCUT2D eigenvalue weighted by molar-refractivity contribution is 5.65. The molecular formula is C7H13NO2. The minimum Gasteiger partial charge on any atom is -0.465 e. The van der Waals surface area contributed by atoms with E-state index < -0.39 is 0 Å². The summed E-state index contributed by atoms with van der Waals surface area (Å²) in [6.07, 6.45) is 0. The lowest BCUT2D eigenvalue weighted by Gasteiger charge is -2.01. The molecule has 0 spiro atoms. The smallest absolute Gasteiger partial charge is 0.302 e. The molecule has 1 fully saturated rings. The first-order chi connectivity index (χ1) is 4.70. The van der Waals surface area contributed by atoms with Crippen molar-refractivity contribution in [2.45, 2.75) is 19.9 Å². The number of nitrogens with zero attached hydrogens (tertiary/aromatic N) is 1. The molecule has 0 N–H and O–H groups in total. The number of esters is 1. The molecule has 0 aromatic carbocycles. The second-order valence-corrected chi connectivity index (χ2v) is 2.68. The average Bonchev–Trinajstić information content (AvgIpc) is 2.46. The first kappa shape index (κ1) is 7.54. The highest BCUT2D eigenvalue weighted by atomic mass is 16.5. The Morgan fingerprint density at radius 2 is 2.40 bits per heavy atom. The van der Waals surface area contributed by atoms with Crippen LogP contribution in [0, 0.1) is 0 Å². The van der Waals surface area contributed by atoms with Crippen LogP contribution in [0.1, 0.15) is 13.8 Å². The Hall–Kier alpha value is -0.570. The summed E-state index contributed by atoms with van der Waals surface area (Å²) in [7, 11) is 0. The van der Waals surface area contributed by atoms with Crippen molar-refractivity contribution in [3.8, 4) is 0 Å². The van der Waals surface area contributed by atoms with Crippen molar-refractivity contribution in [2.24, 2.45) is 0 Å². The average molecular weight is 143 g/mol. The summed E-state index contributed by atoms with van der Waals surface area (Å²) in [5.41, 5.74) is 0. The predicted molar refractivity (Wildman–Crippen MR) is 37.7 cm³/mol. The number of rotatable bonds is 3. The molecule has 0 aromatic rings. The van der Waals surface area contributed by atoms with E-state index in [9.17, 15) is 4.79 Å². The lowest BCUT2D eigenvalue weighted by atomic mass is 10.6. The topological polar surface area (TPSA) is 29.3 Å². The molecule has 2 unspecified atom stereocenters. The van der Waals surface area contributed by atoms with Crippen LogP contribution in [-0.2, 0) is 9.53 Å². The molecule has 0 saturated carbocycles. The fourth-order valence-corrected chi connectivity index (χ4v) is 0.911. The molecule has 1 rings (SSSR count). The van der Waals surface area contributed by atoms with Gasteiger partial charge in [-0.3, -0.25) is 9.69 Å². The highest BCUT2D eigenvalue weighted by Crippen LogP contribution is 2.13. The van der Waals surface area contributed by atoms with E-state index in [0.717, 1.165) is 13.1 Å². The van der Waals surface area contributed by atoms with Crippen LogP contribution in [0.25, 0.3) is 0 Å². The van der Waals surface area contributed by atoms with Crippen molar-refractivity contribution >= 4 is 5.97 Å². The SMILES string of the molecule is CC(=O)OCCN1CC1C. The Morgan fingerprint density at radius 3 is 2.80 bits per heavy atom. The minimum atomic E-state index is -0.186. The van der Waals surface area contributed by atoms with Crippen molar-refractivity contribution in [3.05, 3.63) is 0 Å². The van der Waals surface area contributed by atoms with E-state index in [-0.39, 0.29) is 5.97 Å². The van der Waals surface area contributed by atoms with Crippen molar-refractivity contribution in [2.75, 3.05) is 19.7 Å². The summed E-state index contributed by atoms with van der Waals surface area (Å²) < 4.78 is 4.76. The third-order valence-corrected chi connectivity index (χ3v) is 1.67. The Morgan fingerprint density at radius 1 is 1.80 bits per heavy atom. The van der Waals surface area contributed by atoms with Gasteiger partial charge in [-0.2, -0.15) is 0 Å². The Bertz CT molecular complexity index is 136. The second kappa shape index (κ2) is 3.01. The third-order valence-electron chi connectivity index (χ3n) is 1.67. The zero-order valence-corrected chi connectivity index (χ0v) is 6.46. The molecule has 0 radical (unpaired) electrons. The molecule has 58 valence electrons. The van der Waals surface area contributed by atoms with Gasteiger partial charge in [0.15, 0.2) is 0 Å². The van der Waals surface area contributed by atoms with Crippen LogP contribution < -0.4 is 0 Å². The highest BCUT2D eigenvalue weighted by Gasteiger charge is 2.27. The van der Waals surface area contributed by atoms with Gasteiger partial charge in [0.05, 0.1) is 0 Å². The lowest BCUT2D eigenvalue weighted by Crippen LogP contribution is -2.11. The van der Waals surface area contributed by atoms with E-state index in [1.807, 2.05) is 0 Å². The van der Waals surface area contributed by atoms with E-state index >= 15 is 0 Å². The van der Waals surface area contributed by atoms with Crippen molar-refractivity contribution in [3.63, 3.8) is 0 Å². The normalized spacial score (nSPS) is 29.8. The summed E-state index contributed by atoms with van der Waals surface area (Å²) in [6, 6.07) is 0.704. The summed E-state index contributed by atoms with van der Waals surface area (Å²) in [5, 5.41) is 0. The maximum absolute atomic E-state index is 10.3. The Labute approximate surface area is 61.0 Å². The van der Waals surface area contributed by atoms with Crippen molar-refractivity contribution < 1.29 is 9.53 Å². The lowest BCUT2D eigenvalue weighted by molar-refractivity contribution is -0.141. The fourth-order valence-electron chi connectivity index (χ4n) is 0.911. The molecule has 1 saturated heterocycles. The molecule has 1 heterocycles. The van der Waals surface area contributed by atoms with Gasteiger partial charge in [-0.05, 0) is 6.92 Å². The van der Waals surface area contributed by atoms with Gasteiger partial charge in [0.25, 0.3) is 0 Å². The summed E-state index contributed by atoms with van der Waals surface area (Å²) in [5.74, 6) is -0.186. The quantitative estimate of drug-likeness (QED) is 0.419. The molecule has 0 bridgehead atoms. The van der Waals surface area contributed by atoms with E-state index in [4.69, 9.17) is 4.74 Å². The van der Waals surface area contributed by atoms with Crippen molar-refractivity contribution in [1.82, 2.24) is 4.90 Å². The Balaban J connectivity index is 1.91. The maximum Gasteiger partial charge on any atom is 0.302 e. The molecule has 1 aliphatic heterocycles. The van der Waals surface area contributed by atoms with Gasteiger partial charge >= 0.3 is 5.97 Å². The number of hydrogen-bond acceptors (Lipinski definition) is 3. The monoisotopic (exact) mass is 143 g/mol.